The SMILES string of the molecule is COc1ccc(-c2noc(CSC(c3ccccc3)c3ccccc3)n2)cc1. The second kappa shape index (κ2) is 8.76. The molecule has 0 aliphatic heterocycles. The zero-order valence-corrected chi connectivity index (χ0v) is 16.3. The van der Waals surface area contributed by atoms with Gasteiger partial charge in [-0.1, -0.05) is 65.8 Å². The van der Waals surface area contributed by atoms with Gasteiger partial charge in [0.1, 0.15) is 5.75 Å². The number of ether oxygens (including phenoxy) is 1. The lowest BCUT2D eigenvalue weighted by atomic mass is 10.0. The largest absolute Gasteiger partial charge is 0.497 e. The molecule has 0 amide bonds. The van der Waals surface area contributed by atoms with Crippen LogP contribution in [-0.4, -0.2) is 17.3 Å². The second-order valence-corrected chi connectivity index (χ2v) is 7.35. The van der Waals surface area contributed by atoms with E-state index < -0.39 is 0 Å². The van der Waals surface area contributed by atoms with Crippen LogP contribution < -0.4 is 4.74 Å². The summed E-state index contributed by atoms with van der Waals surface area (Å²) < 4.78 is 10.7. The van der Waals surface area contributed by atoms with E-state index in [0.29, 0.717) is 17.5 Å². The topological polar surface area (TPSA) is 48.2 Å². The van der Waals surface area contributed by atoms with Crippen molar-refractivity contribution in [1.29, 1.82) is 0 Å². The fourth-order valence-electron chi connectivity index (χ4n) is 2.97. The van der Waals surface area contributed by atoms with E-state index in [4.69, 9.17) is 9.26 Å². The fraction of sp³-hybridized carbons (Fsp3) is 0.130. The van der Waals surface area contributed by atoms with E-state index in [2.05, 4.69) is 58.7 Å². The highest BCUT2D eigenvalue weighted by Crippen LogP contribution is 2.37. The molecule has 28 heavy (non-hydrogen) atoms. The summed E-state index contributed by atoms with van der Waals surface area (Å²) in [6, 6.07) is 28.6. The van der Waals surface area contributed by atoms with E-state index in [0.717, 1.165) is 11.3 Å². The second-order valence-electron chi connectivity index (χ2n) is 6.25. The zero-order chi connectivity index (χ0) is 19.2. The molecule has 0 fully saturated rings. The van der Waals surface area contributed by atoms with Gasteiger partial charge in [-0.05, 0) is 35.4 Å². The first-order chi connectivity index (χ1) is 13.8. The molecule has 5 heteroatoms. The van der Waals surface area contributed by atoms with Gasteiger partial charge < -0.3 is 9.26 Å². The van der Waals surface area contributed by atoms with Gasteiger partial charge in [0.2, 0.25) is 11.7 Å². The van der Waals surface area contributed by atoms with Crippen LogP contribution in [-0.2, 0) is 5.75 Å². The van der Waals surface area contributed by atoms with Crippen molar-refractivity contribution in [2.45, 2.75) is 11.0 Å². The number of hydrogen-bond acceptors (Lipinski definition) is 5. The van der Waals surface area contributed by atoms with E-state index in [9.17, 15) is 0 Å². The molecule has 0 bridgehead atoms. The Hall–Kier alpha value is -3.05. The summed E-state index contributed by atoms with van der Waals surface area (Å²) in [5, 5.41) is 4.33. The Bertz CT molecular complexity index is 962. The minimum atomic E-state index is 0.207. The summed E-state index contributed by atoms with van der Waals surface area (Å²) in [5.74, 6) is 2.65. The Kier molecular flexibility index (Phi) is 5.73. The third-order valence-electron chi connectivity index (χ3n) is 4.39. The van der Waals surface area contributed by atoms with Crippen LogP contribution in [0.5, 0.6) is 5.75 Å². The molecule has 4 nitrogen and oxygen atoms in total. The summed E-state index contributed by atoms with van der Waals surface area (Å²) in [6.45, 7) is 0. The predicted octanol–water partition coefficient (Wildman–Crippen LogP) is 5.77. The van der Waals surface area contributed by atoms with Gasteiger partial charge in [-0.3, -0.25) is 0 Å². The molecular weight excluding hydrogens is 368 g/mol. The Balaban J connectivity index is 1.51. The Morgan fingerprint density at radius 2 is 1.46 bits per heavy atom. The van der Waals surface area contributed by atoms with Crippen LogP contribution in [0.15, 0.2) is 89.5 Å². The fourth-order valence-corrected chi connectivity index (χ4v) is 4.09. The van der Waals surface area contributed by atoms with Crippen LogP contribution in [0, 0.1) is 0 Å². The molecule has 0 aliphatic rings. The highest BCUT2D eigenvalue weighted by molar-refractivity contribution is 7.98. The normalized spacial score (nSPS) is 10.9. The van der Waals surface area contributed by atoms with E-state index in [-0.39, 0.29) is 5.25 Å². The van der Waals surface area contributed by atoms with Crippen molar-refractivity contribution in [3.63, 3.8) is 0 Å². The van der Waals surface area contributed by atoms with Crippen molar-refractivity contribution < 1.29 is 9.26 Å². The summed E-state index contributed by atoms with van der Waals surface area (Å²) in [7, 11) is 1.65. The maximum absolute atomic E-state index is 5.48. The molecule has 1 aromatic heterocycles. The number of hydrogen-bond donors (Lipinski definition) is 0. The minimum Gasteiger partial charge on any atom is -0.497 e. The molecule has 1 heterocycles. The molecule has 3 aromatic carbocycles. The molecular formula is C23H20N2O2S. The number of rotatable bonds is 7. The standard InChI is InChI=1S/C23H20N2O2S/c1-26-20-14-12-19(13-15-20)23-24-21(27-25-23)16-28-22(17-8-4-2-5-9-17)18-10-6-3-7-11-18/h2-15,22H,16H2,1H3. The quantitative estimate of drug-likeness (QED) is 0.402. The third kappa shape index (κ3) is 4.26. The summed E-state index contributed by atoms with van der Waals surface area (Å²) in [4.78, 5) is 4.56. The summed E-state index contributed by atoms with van der Waals surface area (Å²) in [5.41, 5.74) is 3.42. The molecule has 0 N–H and O–H groups in total. The molecule has 0 aliphatic carbocycles. The van der Waals surface area contributed by atoms with Crippen molar-refractivity contribution in [3.05, 3.63) is 102 Å². The molecule has 4 rings (SSSR count). The Morgan fingerprint density at radius 3 is 2.04 bits per heavy atom. The minimum absolute atomic E-state index is 0.207. The summed E-state index contributed by atoms with van der Waals surface area (Å²) in [6.07, 6.45) is 0. The summed E-state index contributed by atoms with van der Waals surface area (Å²) >= 11 is 1.78. The van der Waals surface area contributed by atoms with E-state index >= 15 is 0 Å². The molecule has 0 saturated carbocycles. The van der Waals surface area contributed by atoms with Crippen molar-refractivity contribution in [1.82, 2.24) is 10.1 Å². The van der Waals surface area contributed by atoms with Crippen LogP contribution in [0.1, 0.15) is 22.3 Å². The van der Waals surface area contributed by atoms with Crippen molar-refractivity contribution in [3.8, 4) is 17.1 Å². The monoisotopic (exact) mass is 388 g/mol. The highest BCUT2D eigenvalue weighted by atomic mass is 32.2. The Morgan fingerprint density at radius 1 is 0.857 bits per heavy atom. The van der Waals surface area contributed by atoms with Crippen molar-refractivity contribution in [2.75, 3.05) is 7.11 Å². The van der Waals surface area contributed by atoms with Crippen LogP contribution >= 0.6 is 11.8 Å². The lowest BCUT2D eigenvalue weighted by Gasteiger charge is -2.16. The molecule has 0 spiro atoms. The molecule has 0 atom stereocenters. The molecule has 0 radical (unpaired) electrons. The number of methoxy groups -OCH3 is 1. The van der Waals surface area contributed by atoms with Gasteiger partial charge in [0.25, 0.3) is 0 Å². The molecule has 0 unspecified atom stereocenters. The maximum atomic E-state index is 5.48. The van der Waals surface area contributed by atoms with E-state index in [1.54, 1.807) is 18.9 Å². The van der Waals surface area contributed by atoms with E-state index in [1.165, 1.54) is 11.1 Å². The van der Waals surface area contributed by atoms with Gasteiger partial charge in [-0.25, -0.2) is 0 Å². The third-order valence-corrected chi connectivity index (χ3v) is 5.69. The number of thioether (sulfide) groups is 1. The first-order valence-corrected chi connectivity index (χ1v) is 10.1. The average Bonchev–Trinajstić information content (AvgIpc) is 3.24. The van der Waals surface area contributed by atoms with Crippen LogP contribution in [0.25, 0.3) is 11.4 Å². The first-order valence-electron chi connectivity index (χ1n) is 9.02. The average molecular weight is 388 g/mol. The van der Waals surface area contributed by atoms with Crippen LogP contribution in [0.2, 0.25) is 0 Å². The van der Waals surface area contributed by atoms with Crippen molar-refractivity contribution >= 4 is 11.8 Å². The number of aromatic nitrogens is 2. The first kappa shape index (κ1) is 18.3. The van der Waals surface area contributed by atoms with Gasteiger partial charge in [-0.2, -0.15) is 4.98 Å². The van der Waals surface area contributed by atoms with Gasteiger partial charge in [0.05, 0.1) is 18.1 Å². The van der Waals surface area contributed by atoms with Gasteiger partial charge in [-0.15, -0.1) is 11.8 Å². The highest BCUT2D eigenvalue weighted by Gasteiger charge is 2.17. The van der Waals surface area contributed by atoms with Gasteiger partial charge in [0.15, 0.2) is 0 Å². The molecule has 0 saturated heterocycles. The molecule has 4 aromatic rings. The maximum Gasteiger partial charge on any atom is 0.236 e. The lowest BCUT2D eigenvalue weighted by molar-refractivity contribution is 0.391. The van der Waals surface area contributed by atoms with Crippen LogP contribution in [0.4, 0.5) is 0 Å². The predicted molar refractivity (Wildman–Crippen MR) is 112 cm³/mol. The smallest absolute Gasteiger partial charge is 0.236 e. The van der Waals surface area contributed by atoms with Crippen LogP contribution in [0.3, 0.4) is 0 Å². The lowest BCUT2D eigenvalue weighted by Crippen LogP contribution is -1.97. The Labute approximate surface area is 168 Å². The van der Waals surface area contributed by atoms with E-state index in [1.807, 2.05) is 36.4 Å². The van der Waals surface area contributed by atoms with Crippen molar-refractivity contribution in [2.24, 2.45) is 0 Å². The number of benzene rings is 3. The number of nitrogens with zero attached hydrogens (tertiary/aromatic N) is 2. The van der Waals surface area contributed by atoms with Gasteiger partial charge in [0, 0.05) is 5.56 Å². The van der Waals surface area contributed by atoms with Gasteiger partial charge >= 0.3 is 0 Å². The zero-order valence-electron chi connectivity index (χ0n) is 15.5. The molecule has 140 valence electrons.